The number of nitrogens with one attached hydrogen (secondary N) is 1. The van der Waals surface area contributed by atoms with Crippen LogP contribution < -0.4 is 5.32 Å². The van der Waals surface area contributed by atoms with Crippen LogP contribution in [-0.4, -0.2) is 107 Å². The second-order valence-electron chi connectivity index (χ2n) is 16.1. The van der Waals surface area contributed by atoms with Crippen LogP contribution in [0.3, 0.4) is 0 Å². The molecule has 3 saturated heterocycles. The number of Topliss-reactive ketones (excluding diaryl/α,β-unsaturated/α-hetero) is 1. The Bertz CT molecular complexity index is 1270. The maximum atomic E-state index is 14.6. The maximum absolute atomic E-state index is 14.6. The van der Waals surface area contributed by atoms with Gasteiger partial charge in [-0.25, -0.2) is 0 Å². The first kappa shape index (κ1) is 40.0. The zero-order chi connectivity index (χ0) is 37.1. The molecule has 52 heavy (non-hydrogen) atoms. The summed E-state index contributed by atoms with van der Waals surface area (Å²) in [5.41, 5.74) is 0.763. The average molecular weight is 732 g/mol. The van der Waals surface area contributed by atoms with E-state index in [0.29, 0.717) is 18.4 Å². The lowest BCUT2D eigenvalue weighted by molar-refractivity contribution is -0.314. The first-order chi connectivity index (χ1) is 25.1. The van der Waals surface area contributed by atoms with Crippen LogP contribution in [0.2, 0.25) is 0 Å². The Morgan fingerprint density at radius 2 is 1.60 bits per heavy atom. The molecule has 4 fully saturated rings. The van der Waals surface area contributed by atoms with E-state index in [1.807, 2.05) is 13.8 Å². The number of allylic oxidation sites excluding steroid dienone is 4. The molecule has 3 aliphatic carbocycles. The van der Waals surface area contributed by atoms with Gasteiger partial charge in [-0.1, -0.05) is 39.0 Å². The lowest BCUT2D eigenvalue weighted by Gasteiger charge is -2.44. The molecule has 0 radical (unpaired) electrons. The smallest absolute Gasteiger partial charge is 0.306 e. The van der Waals surface area contributed by atoms with Gasteiger partial charge in [-0.3, -0.25) is 9.59 Å². The standard InChI is InChI=1S/C41H65NO10/c1-9-26-12-11-13-34(52-36-17-16-33(42-10-2)23(4)48-36)22(3)37(44)32-20-30-28(31(32)21-35(43)50-26)15-14-25-18-27(19-29(25)30)51-41-40(47-8)39(46-7)38(45-6)24(5)49-41/h14-15,20,22-31,33-34,36,38-42H,9-13,16-19,21H2,1-8H3. The van der Waals surface area contributed by atoms with Crippen LogP contribution in [0.4, 0.5) is 0 Å². The summed E-state index contributed by atoms with van der Waals surface area (Å²) in [6, 6.07) is 0.302. The van der Waals surface area contributed by atoms with Gasteiger partial charge >= 0.3 is 5.97 Å². The van der Waals surface area contributed by atoms with Crippen molar-refractivity contribution in [3.63, 3.8) is 0 Å². The number of fused-ring (bicyclic) bond motifs is 5. The van der Waals surface area contributed by atoms with Crippen LogP contribution in [0.5, 0.6) is 0 Å². The molecule has 6 rings (SSSR count). The molecule has 0 bridgehead atoms. The van der Waals surface area contributed by atoms with Gasteiger partial charge in [0, 0.05) is 39.2 Å². The number of hydrogen-bond acceptors (Lipinski definition) is 11. The van der Waals surface area contributed by atoms with Crippen molar-refractivity contribution in [2.24, 2.45) is 35.5 Å². The van der Waals surface area contributed by atoms with Crippen LogP contribution in [0, 0.1) is 35.5 Å². The van der Waals surface area contributed by atoms with E-state index in [1.54, 1.807) is 21.3 Å². The van der Waals surface area contributed by atoms with Crippen molar-refractivity contribution < 1.29 is 47.5 Å². The van der Waals surface area contributed by atoms with E-state index < -0.39 is 12.4 Å². The highest BCUT2D eigenvalue weighted by Gasteiger charge is 2.52. The number of rotatable bonds is 10. The SMILES string of the molecule is CCNC1CCC(OC2CCCC(CC)OC(=O)CC3C(=CC4C3C=CC3CC(OC5OC(C)C(OC)C(OC)C5OC)CC34)C(=O)C2C)OC1C. The van der Waals surface area contributed by atoms with Crippen LogP contribution in [0.1, 0.15) is 92.4 Å². The van der Waals surface area contributed by atoms with E-state index in [1.165, 1.54) is 0 Å². The van der Waals surface area contributed by atoms with Crippen LogP contribution in [-0.2, 0) is 47.5 Å². The molecule has 0 aromatic carbocycles. The zero-order valence-corrected chi connectivity index (χ0v) is 32.7. The Morgan fingerprint density at radius 1 is 0.827 bits per heavy atom. The third-order valence-electron chi connectivity index (χ3n) is 13.1. The van der Waals surface area contributed by atoms with E-state index in [2.05, 4.69) is 44.3 Å². The molecular weight excluding hydrogens is 666 g/mol. The Labute approximate surface area is 311 Å². The van der Waals surface area contributed by atoms with Gasteiger partial charge < -0.3 is 43.2 Å². The quantitative estimate of drug-likeness (QED) is 0.226. The molecule has 11 heteroatoms. The van der Waals surface area contributed by atoms with Crippen molar-refractivity contribution in [2.75, 3.05) is 27.9 Å². The highest BCUT2D eigenvalue weighted by atomic mass is 16.7. The molecule has 17 atom stereocenters. The number of carbonyl (C=O) groups excluding carboxylic acids is 2. The first-order valence-corrected chi connectivity index (χ1v) is 20.2. The number of carbonyl (C=O) groups is 2. The number of ether oxygens (including phenoxy) is 8. The molecular formula is C41H65NO10. The number of methoxy groups -OCH3 is 3. The van der Waals surface area contributed by atoms with E-state index >= 15 is 0 Å². The summed E-state index contributed by atoms with van der Waals surface area (Å²) in [7, 11) is 4.97. The summed E-state index contributed by atoms with van der Waals surface area (Å²) in [5.74, 6) is 0.0191. The summed E-state index contributed by atoms with van der Waals surface area (Å²) >= 11 is 0. The summed E-state index contributed by atoms with van der Waals surface area (Å²) in [4.78, 5) is 28.1. The Morgan fingerprint density at radius 3 is 2.29 bits per heavy atom. The number of esters is 1. The number of ketones is 1. The van der Waals surface area contributed by atoms with E-state index in [4.69, 9.17) is 37.9 Å². The molecule has 0 aromatic rings. The predicted molar refractivity (Wildman–Crippen MR) is 194 cm³/mol. The molecule has 0 aromatic heterocycles. The fourth-order valence-corrected chi connectivity index (χ4v) is 10.3. The second kappa shape index (κ2) is 17.8. The van der Waals surface area contributed by atoms with Gasteiger partial charge in [-0.15, -0.1) is 0 Å². The molecule has 294 valence electrons. The van der Waals surface area contributed by atoms with Gasteiger partial charge in [-0.05, 0) is 101 Å². The molecule has 1 saturated carbocycles. The number of hydrogen-bond donors (Lipinski definition) is 1. The maximum Gasteiger partial charge on any atom is 0.306 e. The van der Waals surface area contributed by atoms with Crippen molar-refractivity contribution in [3.05, 3.63) is 23.8 Å². The van der Waals surface area contributed by atoms with Crippen molar-refractivity contribution in [1.82, 2.24) is 5.32 Å². The van der Waals surface area contributed by atoms with Gasteiger partial charge in [0.2, 0.25) is 0 Å². The van der Waals surface area contributed by atoms with Crippen LogP contribution in [0.25, 0.3) is 0 Å². The Hall–Kier alpha value is -1.70. The van der Waals surface area contributed by atoms with Gasteiger partial charge in [0.1, 0.15) is 24.4 Å². The molecule has 0 amide bonds. The minimum absolute atomic E-state index is 0.0287. The lowest BCUT2D eigenvalue weighted by atomic mass is 9.70. The highest BCUT2D eigenvalue weighted by Crippen LogP contribution is 2.54. The van der Waals surface area contributed by atoms with Crippen LogP contribution >= 0.6 is 0 Å². The Kier molecular flexibility index (Phi) is 13.7. The summed E-state index contributed by atoms with van der Waals surface area (Å²) in [6.07, 6.45) is 10.8. The van der Waals surface area contributed by atoms with E-state index in [0.717, 1.165) is 57.1 Å². The zero-order valence-electron chi connectivity index (χ0n) is 32.7. The second-order valence-corrected chi connectivity index (χ2v) is 16.1. The third-order valence-corrected chi connectivity index (χ3v) is 13.1. The van der Waals surface area contributed by atoms with Gasteiger partial charge in [0.15, 0.2) is 18.4 Å². The topological polar surface area (TPSA) is 120 Å². The molecule has 1 N–H and O–H groups in total. The fourth-order valence-electron chi connectivity index (χ4n) is 10.3. The van der Waals surface area contributed by atoms with E-state index in [-0.39, 0.29) is 96.8 Å². The summed E-state index contributed by atoms with van der Waals surface area (Å²) in [5, 5.41) is 3.52. The normalized spacial score (nSPS) is 45.6. The van der Waals surface area contributed by atoms with Crippen molar-refractivity contribution in [1.29, 1.82) is 0 Å². The first-order valence-electron chi connectivity index (χ1n) is 20.2. The molecule has 11 nitrogen and oxygen atoms in total. The molecule has 3 heterocycles. The summed E-state index contributed by atoms with van der Waals surface area (Å²) < 4.78 is 49.5. The van der Waals surface area contributed by atoms with Crippen LogP contribution in [0.15, 0.2) is 23.8 Å². The van der Waals surface area contributed by atoms with Gasteiger partial charge in [-0.2, -0.15) is 0 Å². The summed E-state index contributed by atoms with van der Waals surface area (Å²) in [6.45, 7) is 11.2. The van der Waals surface area contributed by atoms with Gasteiger partial charge in [0.05, 0.1) is 30.8 Å². The molecule has 0 spiro atoms. The van der Waals surface area contributed by atoms with Crippen molar-refractivity contribution in [2.45, 2.75) is 160 Å². The third kappa shape index (κ3) is 8.42. The highest BCUT2D eigenvalue weighted by molar-refractivity contribution is 5.99. The van der Waals surface area contributed by atoms with Crippen molar-refractivity contribution in [3.8, 4) is 0 Å². The van der Waals surface area contributed by atoms with E-state index in [9.17, 15) is 9.59 Å². The number of cyclic esters (lactones) is 1. The largest absolute Gasteiger partial charge is 0.462 e. The molecule has 6 aliphatic rings. The monoisotopic (exact) mass is 731 g/mol. The minimum atomic E-state index is -0.594. The van der Waals surface area contributed by atoms with Crippen molar-refractivity contribution >= 4 is 11.8 Å². The number of likely N-dealkylation sites (N-methyl/N-ethyl adjacent to an activating group) is 1. The molecule has 17 unspecified atom stereocenters. The Balaban J connectivity index is 1.20. The lowest BCUT2D eigenvalue weighted by Crippen LogP contribution is -2.59. The fraction of sp³-hybridized carbons (Fsp3) is 0.854. The molecule has 3 aliphatic heterocycles. The minimum Gasteiger partial charge on any atom is -0.462 e. The van der Waals surface area contributed by atoms with Gasteiger partial charge in [0.25, 0.3) is 0 Å². The average Bonchev–Trinajstić information content (AvgIpc) is 3.71. The predicted octanol–water partition coefficient (Wildman–Crippen LogP) is 5.54.